The second-order valence-electron chi connectivity index (χ2n) is 7.41. The van der Waals surface area contributed by atoms with E-state index in [4.69, 9.17) is 31.0 Å². The molecule has 0 aliphatic rings. The van der Waals surface area contributed by atoms with Gasteiger partial charge in [-0.05, 0) is 75.5 Å². The molecule has 0 amide bonds. The van der Waals surface area contributed by atoms with Crippen molar-refractivity contribution in [1.82, 2.24) is 15.3 Å². The number of rotatable bonds is 3. The maximum absolute atomic E-state index is 5.57. The van der Waals surface area contributed by atoms with Crippen LogP contribution < -0.4 is 10.6 Å². The average Bonchev–Trinajstić information content (AvgIpc) is 3.32. The number of aromatic nitrogens is 2. The quantitative estimate of drug-likeness (QED) is 0.462. The van der Waals surface area contributed by atoms with Crippen molar-refractivity contribution in [2.75, 3.05) is 5.32 Å². The number of nitrogens with zero attached hydrogens (tertiary/aromatic N) is 2. The fourth-order valence-corrected chi connectivity index (χ4v) is 3.23. The lowest BCUT2D eigenvalue weighted by Gasteiger charge is -2.23. The largest absolute Gasteiger partial charge is 0.463 e. The molecule has 3 aromatic heterocycles. The van der Waals surface area contributed by atoms with Crippen LogP contribution in [0.2, 0.25) is 0 Å². The molecule has 4 aromatic rings. The molecule has 0 spiro atoms. The van der Waals surface area contributed by atoms with Crippen molar-refractivity contribution >= 4 is 34.1 Å². The van der Waals surface area contributed by atoms with Crippen molar-refractivity contribution in [3.05, 3.63) is 55.0 Å². The van der Waals surface area contributed by atoms with Crippen molar-refractivity contribution in [1.29, 1.82) is 0 Å². The van der Waals surface area contributed by atoms with Gasteiger partial charge >= 0.3 is 0 Å². The summed E-state index contributed by atoms with van der Waals surface area (Å²) in [7, 11) is 0. The fourth-order valence-electron chi connectivity index (χ4n) is 2.81. The molecule has 6 nitrogen and oxygen atoms in total. The third kappa shape index (κ3) is 3.89. The molecule has 0 fully saturated rings. The minimum absolute atomic E-state index is 0.120. The molecular weight excluding hydrogens is 372 g/mol. The zero-order valence-corrected chi connectivity index (χ0v) is 16.6. The van der Waals surface area contributed by atoms with Crippen LogP contribution in [-0.2, 0) is 0 Å². The van der Waals surface area contributed by atoms with E-state index in [1.165, 1.54) is 0 Å². The Morgan fingerprint density at radius 3 is 2.04 bits per heavy atom. The SMILES string of the molecule is CC(C)(C)NC(=S)Nc1ccc2nc(-c3ccco3)c(-c3ccco3)nc2c1. The van der Waals surface area contributed by atoms with E-state index in [1.807, 2.05) is 42.5 Å². The van der Waals surface area contributed by atoms with Crippen LogP contribution in [0.25, 0.3) is 33.9 Å². The van der Waals surface area contributed by atoms with Gasteiger partial charge in [0.15, 0.2) is 16.6 Å². The van der Waals surface area contributed by atoms with Gasteiger partial charge in [-0.3, -0.25) is 0 Å². The number of benzene rings is 1. The van der Waals surface area contributed by atoms with Crippen LogP contribution in [-0.4, -0.2) is 20.6 Å². The molecule has 7 heteroatoms. The zero-order chi connectivity index (χ0) is 19.7. The summed E-state index contributed by atoms with van der Waals surface area (Å²) in [6, 6.07) is 13.1. The molecule has 0 aliphatic heterocycles. The number of hydrogen-bond acceptors (Lipinski definition) is 5. The highest BCUT2D eigenvalue weighted by Crippen LogP contribution is 2.32. The minimum Gasteiger partial charge on any atom is -0.463 e. The van der Waals surface area contributed by atoms with Crippen molar-refractivity contribution < 1.29 is 8.83 Å². The predicted molar refractivity (Wildman–Crippen MR) is 114 cm³/mol. The molecule has 0 saturated carbocycles. The highest BCUT2D eigenvalue weighted by atomic mass is 32.1. The van der Waals surface area contributed by atoms with Gasteiger partial charge in [-0.1, -0.05) is 0 Å². The van der Waals surface area contributed by atoms with E-state index in [1.54, 1.807) is 12.5 Å². The summed E-state index contributed by atoms with van der Waals surface area (Å²) in [5.41, 5.74) is 3.45. The maximum Gasteiger partial charge on any atom is 0.171 e. The van der Waals surface area contributed by atoms with Crippen LogP contribution in [0.4, 0.5) is 5.69 Å². The lowest BCUT2D eigenvalue weighted by molar-refractivity contribution is 0.515. The number of hydrogen-bond donors (Lipinski definition) is 2. The summed E-state index contributed by atoms with van der Waals surface area (Å²) >= 11 is 5.39. The topological polar surface area (TPSA) is 76.1 Å². The fraction of sp³-hybridized carbons (Fsp3) is 0.190. The predicted octanol–water partition coefficient (Wildman–Crippen LogP) is 5.23. The first-order chi connectivity index (χ1) is 13.4. The Bertz CT molecular complexity index is 1110. The molecule has 0 bridgehead atoms. The Balaban J connectivity index is 1.75. The molecule has 3 heterocycles. The van der Waals surface area contributed by atoms with Crippen LogP contribution in [0.3, 0.4) is 0 Å². The second-order valence-corrected chi connectivity index (χ2v) is 7.82. The number of furan rings is 2. The van der Waals surface area contributed by atoms with E-state index >= 15 is 0 Å². The third-order valence-corrected chi connectivity index (χ3v) is 4.12. The van der Waals surface area contributed by atoms with Gasteiger partial charge in [-0.15, -0.1) is 0 Å². The molecule has 0 unspecified atom stereocenters. The van der Waals surface area contributed by atoms with Gasteiger partial charge < -0.3 is 19.5 Å². The highest BCUT2D eigenvalue weighted by molar-refractivity contribution is 7.80. The zero-order valence-electron chi connectivity index (χ0n) is 15.8. The van der Waals surface area contributed by atoms with Crippen LogP contribution in [0.5, 0.6) is 0 Å². The first-order valence-corrected chi connectivity index (χ1v) is 9.29. The Labute approximate surface area is 168 Å². The van der Waals surface area contributed by atoms with Crippen molar-refractivity contribution in [2.24, 2.45) is 0 Å². The second kappa shape index (κ2) is 7.09. The first-order valence-electron chi connectivity index (χ1n) is 8.88. The normalized spacial score (nSPS) is 11.5. The lowest BCUT2D eigenvalue weighted by atomic mass is 10.1. The van der Waals surface area contributed by atoms with Gasteiger partial charge in [0.05, 0.1) is 23.6 Å². The van der Waals surface area contributed by atoms with E-state index in [-0.39, 0.29) is 5.54 Å². The van der Waals surface area contributed by atoms with Crippen molar-refractivity contribution in [3.63, 3.8) is 0 Å². The van der Waals surface area contributed by atoms with Crippen LogP contribution in [0.1, 0.15) is 20.8 Å². The molecule has 0 atom stereocenters. The molecule has 4 rings (SSSR count). The standard InChI is InChI=1S/C21H20N4O2S/c1-21(2,3)25-20(28)22-13-8-9-14-15(12-13)24-19(17-7-5-11-27-17)18(23-14)16-6-4-10-26-16/h4-12H,1-3H3,(H2,22,25,28). The number of anilines is 1. The van der Waals surface area contributed by atoms with Gasteiger partial charge in [0.2, 0.25) is 0 Å². The molecule has 0 radical (unpaired) electrons. The summed E-state index contributed by atoms with van der Waals surface area (Å²) in [6.45, 7) is 6.16. The molecule has 28 heavy (non-hydrogen) atoms. The number of nitrogens with one attached hydrogen (secondary N) is 2. The van der Waals surface area contributed by atoms with Crippen molar-refractivity contribution in [3.8, 4) is 22.9 Å². The molecule has 0 aliphatic carbocycles. The van der Waals surface area contributed by atoms with Gasteiger partial charge in [-0.2, -0.15) is 0 Å². The lowest BCUT2D eigenvalue weighted by Crippen LogP contribution is -2.42. The Morgan fingerprint density at radius 2 is 1.50 bits per heavy atom. The van der Waals surface area contributed by atoms with E-state index in [0.29, 0.717) is 28.0 Å². The van der Waals surface area contributed by atoms with Crippen LogP contribution >= 0.6 is 12.2 Å². The monoisotopic (exact) mass is 392 g/mol. The van der Waals surface area contributed by atoms with Crippen LogP contribution in [0.15, 0.2) is 63.8 Å². The van der Waals surface area contributed by atoms with Crippen molar-refractivity contribution in [2.45, 2.75) is 26.3 Å². The summed E-state index contributed by atoms with van der Waals surface area (Å²) in [5, 5.41) is 6.99. The number of thiocarbonyl (C=S) groups is 1. The summed E-state index contributed by atoms with van der Waals surface area (Å²) < 4.78 is 11.1. The molecule has 1 aromatic carbocycles. The Hall–Kier alpha value is -3.19. The van der Waals surface area contributed by atoms with Gasteiger partial charge in [0.25, 0.3) is 0 Å². The molecule has 2 N–H and O–H groups in total. The number of fused-ring (bicyclic) bond motifs is 1. The smallest absolute Gasteiger partial charge is 0.171 e. The van der Waals surface area contributed by atoms with E-state index in [2.05, 4.69) is 31.4 Å². The average molecular weight is 392 g/mol. The Morgan fingerprint density at radius 1 is 0.893 bits per heavy atom. The molecule has 142 valence electrons. The molecule has 0 saturated heterocycles. The van der Waals surface area contributed by atoms with Gasteiger partial charge in [0.1, 0.15) is 11.4 Å². The maximum atomic E-state index is 5.57. The highest BCUT2D eigenvalue weighted by Gasteiger charge is 2.17. The minimum atomic E-state index is -0.120. The summed E-state index contributed by atoms with van der Waals surface area (Å²) in [6.07, 6.45) is 3.23. The summed E-state index contributed by atoms with van der Waals surface area (Å²) in [4.78, 5) is 9.56. The van der Waals surface area contributed by atoms with Crippen LogP contribution in [0, 0.1) is 0 Å². The first kappa shape index (κ1) is 18.2. The third-order valence-electron chi connectivity index (χ3n) is 3.92. The van der Waals surface area contributed by atoms with E-state index in [9.17, 15) is 0 Å². The van der Waals surface area contributed by atoms with E-state index < -0.39 is 0 Å². The van der Waals surface area contributed by atoms with Gasteiger partial charge in [0, 0.05) is 11.2 Å². The van der Waals surface area contributed by atoms with E-state index in [0.717, 1.165) is 16.7 Å². The summed E-state index contributed by atoms with van der Waals surface area (Å²) in [5.74, 6) is 1.27. The molecular formula is C21H20N4O2S. The van der Waals surface area contributed by atoms with Gasteiger partial charge in [-0.25, -0.2) is 9.97 Å². The Kier molecular flexibility index (Phi) is 4.60.